The summed E-state index contributed by atoms with van der Waals surface area (Å²) in [4.78, 5) is 22.9. The largest absolute Gasteiger partial charge is 0.354 e. The highest BCUT2D eigenvalue weighted by molar-refractivity contribution is 5.78. The van der Waals surface area contributed by atoms with Crippen molar-refractivity contribution in [2.24, 2.45) is 11.7 Å². The molecule has 4 N–H and O–H groups in total. The molecule has 5 nitrogen and oxygen atoms in total. The van der Waals surface area contributed by atoms with Crippen molar-refractivity contribution in [3.05, 3.63) is 0 Å². The zero-order chi connectivity index (χ0) is 13.7. The summed E-state index contributed by atoms with van der Waals surface area (Å²) in [5.74, 6) is 0.872. The average molecular weight is 267 g/mol. The van der Waals surface area contributed by atoms with E-state index < -0.39 is 0 Å². The number of carbonyl (C=O) groups excluding carboxylic acids is 2. The van der Waals surface area contributed by atoms with E-state index >= 15 is 0 Å². The van der Waals surface area contributed by atoms with E-state index in [1.54, 1.807) is 0 Å². The number of rotatable bonds is 4. The molecule has 0 bridgehead atoms. The molecule has 0 aromatic heterocycles. The minimum Gasteiger partial charge on any atom is -0.354 e. The first-order valence-electron chi connectivity index (χ1n) is 7.45. The van der Waals surface area contributed by atoms with Crippen LogP contribution in [0.15, 0.2) is 0 Å². The van der Waals surface area contributed by atoms with Crippen LogP contribution < -0.4 is 16.4 Å². The van der Waals surface area contributed by atoms with E-state index in [-0.39, 0.29) is 17.9 Å². The van der Waals surface area contributed by atoms with Gasteiger partial charge >= 0.3 is 0 Å². The second-order valence-corrected chi connectivity index (χ2v) is 5.93. The zero-order valence-electron chi connectivity index (χ0n) is 11.5. The fourth-order valence-electron chi connectivity index (χ4n) is 2.97. The maximum Gasteiger partial charge on any atom is 0.220 e. The standard InChI is InChI=1S/C14H25N3O2/c15-11-4-1-10(2-5-11)3-7-14(19)17-12-6-8-13(18)16-9-12/h10-12H,1-9,15H2,(H,16,18)(H,17,19). The molecule has 2 fully saturated rings. The molecule has 0 aromatic carbocycles. The van der Waals surface area contributed by atoms with E-state index in [1.807, 2.05) is 0 Å². The van der Waals surface area contributed by atoms with Crippen LogP contribution in [0.5, 0.6) is 0 Å². The fourth-order valence-corrected chi connectivity index (χ4v) is 2.97. The first-order chi connectivity index (χ1) is 9.13. The summed E-state index contributed by atoms with van der Waals surface area (Å²) >= 11 is 0. The van der Waals surface area contributed by atoms with Crippen LogP contribution in [0.25, 0.3) is 0 Å². The smallest absolute Gasteiger partial charge is 0.220 e. The first kappa shape index (κ1) is 14.3. The first-order valence-corrected chi connectivity index (χ1v) is 7.45. The van der Waals surface area contributed by atoms with E-state index in [4.69, 9.17) is 5.73 Å². The second kappa shape index (κ2) is 6.89. The van der Waals surface area contributed by atoms with Crippen LogP contribution in [0, 0.1) is 5.92 Å². The van der Waals surface area contributed by atoms with E-state index in [0.29, 0.717) is 31.3 Å². The molecule has 0 radical (unpaired) electrons. The van der Waals surface area contributed by atoms with Crippen LogP contribution in [0.3, 0.4) is 0 Å². The number of amides is 2. The Labute approximate surface area is 114 Å². The third kappa shape index (κ3) is 4.82. The van der Waals surface area contributed by atoms with Crippen molar-refractivity contribution in [3.8, 4) is 0 Å². The van der Waals surface area contributed by atoms with E-state index in [0.717, 1.165) is 38.5 Å². The summed E-state index contributed by atoms with van der Waals surface area (Å²) in [7, 11) is 0. The molecule has 2 rings (SSSR count). The summed E-state index contributed by atoms with van der Waals surface area (Å²) in [6, 6.07) is 0.487. The molecular formula is C14H25N3O2. The number of hydrogen-bond donors (Lipinski definition) is 3. The van der Waals surface area contributed by atoms with Gasteiger partial charge in [-0.1, -0.05) is 0 Å². The van der Waals surface area contributed by atoms with Gasteiger partial charge in [-0.2, -0.15) is 0 Å². The minimum absolute atomic E-state index is 0.0871. The molecule has 1 atom stereocenters. The molecule has 19 heavy (non-hydrogen) atoms. The van der Waals surface area contributed by atoms with Gasteiger partial charge in [0.25, 0.3) is 0 Å². The Balaban J connectivity index is 1.60. The molecule has 2 aliphatic rings. The van der Waals surface area contributed by atoms with Crippen molar-refractivity contribution in [2.75, 3.05) is 6.54 Å². The van der Waals surface area contributed by atoms with Gasteiger partial charge in [-0.05, 0) is 44.4 Å². The molecular weight excluding hydrogens is 242 g/mol. The Morgan fingerprint density at radius 1 is 1.26 bits per heavy atom. The molecule has 2 amide bonds. The van der Waals surface area contributed by atoms with Crippen LogP contribution in [0.4, 0.5) is 0 Å². The summed E-state index contributed by atoms with van der Waals surface area (Å²) in [6.07, 6.45) is 7.37. The molecule has 1 aliphatic heterocycles. The molecule has 108 valence electrons. The predicted molar refractivity (Wildman–Crippen MR) is 73.3 cm³/mol. The number of nitrogens with one attached hydrogen (secondary N) is 2. The highest BCUT2D eigenvalue weighted by Crippen LogP contribution is 2.26. The second-order valence-electron chi connectivity index (χ2n) is 5.93. The maximum atomic E-state index is 11.9. The molecule has 1 unspecified atom stereocenters. The van der Waals surface area contributed by atoms with Gasteiger partial charge < -0.3 is 16.4 Å². The fraction of sp³-hybridized carbons (Fsp3) is 0.857. The number of carbonyl (C=O) groups is 2. The van der Waals surface area contributed by atoms with Crippen molar-refractivity contribution in [1.82, 2.24) is 10.6 Å². The monoisotopic (exact) mass is 267 g/mol. The number of nitrogens with two attached hydrogens (primary N) is 1. The zero-order valence-corrected chi connectivity index (χ0v) is 11.5. The van der Waals surface area contributed by atoms with Crippen molar-refractivity contribution < 1.29 is 9.59 Å². The van der Waals surface area contributed by atoms with Crippen LogP contribution in [0.1, 0.15) is 51.4 Å². The lowest BCUT2D eigenvalue weighted by atomic mass is 9.84. The Bertz CT molecular complexity index is 315. The summed E-state index contributed by atoms with van der Waals surface area (Å²) < 4.78 is 0. The van der Waals surface area contributed by atoms with Crippen molar-refractivity contribution in [3.63, 3.8) is 0 Å². The van der Waals surface area contributed by atoms with Crippen molar-refractivity contribution >= 4 is 11.8 Å². The molecule has 1 saturated carbocycles. The topological polar surface area (TPSA) is 84.2 Å². The molecule has 1 heterocycles. The Morgan fingerprint density at radius 2 is 2.00 bits per heavy atom. The quantitative estimate of drug-likeness (QED) is 0.700. The van der Waals surface area contributed by atoms with Crippen LogP contribution in [0.2, 0.25) is 0 Å². The third-order valence-corrected chi connectivity index (χ3v) is 4.30. The van der Waals surface area contributed by atoms with Gasteiger partial charge in [0.1, 0.15) is 0 Å². The van der Waals surface area contributed by atoms with E-state index in [1.165, 1.54) is 0 Å². The molecule has 1 saturated heterocycles. The highest BCUT2D eigenvalue weighted by atomic mass is 16.2. The predicted octanol–water partition coefficient (Wildman–Crippen LogP) is 0.679. The van der Waals surface area contributed by atoms with Gasteiger partial charge in [0, 0.05) is 31.5 Å². The van der Waals surface area contributed by atoms with Gasteiger partial charge in [-0.15, -0.1) is 0 Å². The molecule has 1 aliphatic carbocycles. The van der Waals surface area contributed by atoms with Gasteiger partial charge in [0.15, 0.2) is 0 Å². The van der Waals surface area contributed by atoms with Crippen molar-refractivity contribution in [2.45, 2.75) is 63.5 Å². The Kier molecular flexibility index (Phi) is 5.19. The van der Waals surface area contributed by atoms with Crippen LogP contribution in [-0.4, -0.2) is 30.4 Å². The Hall–Kier alpha value is -1.10. The SMILES string of the molecule is NC1CCC(CCC(=O)NC2CCC(=O)NC2)CC1. The lowest BCUT2D eigenvalue weighted by molar-refractivity contribution is -0.125. The lowest BCUT2D eigenvalue weighted by Gasteiger charge is -2.26. The molecule has 0 spiro atoms. The van der Waals surface area contributed by atoms with E-state index in [2.05, 4.69) is 10.6 Å². The summed E-state index contributed by atoms with van der Waals surface area (Å²) in [5, 5.41) is 5.79. The third-order valence-electron chi connectivity index (χ3n) is 4.30. The Morgan fingerprint density at radius 3 is 2.63 bits per heavy atom. The number of piperidine rings is 1. The van der Waals surface area contributed by atoms with Crippen LogP contribution in [-0.2, 0) is 9.59 Å². The highest BCUT2D eigenvalue weighted by Gasteiger charge is 2.21. The van der Waals surface area contributed by atoms with Gasteiger partial charge in [0.05, 0.1) is 0 Å². The van der Waals surface area contributed by atoms with Gasteiger partial charge in [0.2, 0.25) is 11.8 Å². The molecule has 5 heteroatoms. The van der Waals surface area contributed by atoms with Gasteiger partial charge in [-0.25, -0.2) is 0 Å². The summed E-state index contributed by atoms with van der Waals surface area (Å²) in [5.41, 5.74) is 5.87. The van der Waals surface area contributed by atoms with Crippen LogP contribution >= 0.6 is 0 Å². The van der Waals surface area contributed by atoms with Crippen molar-refractivity contribution in [1.29, 1.82) is 0 Å². The summed E-state index contributed by atoms with van der Waals surface area (Å²) in [6.45, 7) is 0.572. The van der Waals surface area contributed by atoms with Gasteiger partial charge in [-0.3, -0.25) is 9.59 Å². The number of hydrogen-bond acceptors (Lipinski definition) is 3. The normalized spacial score (nSPS) is 31.6. The maximum absolute atomic E-state index is 11.9. The molecule has 0 aromatic rings. The van der Waals surface area contributed by atoms with E-state index in [9.17, 15) is 9.59 Å². The average Bonchev–Trinajstić information content (AvgIpc) is 2.41. The minimum atomic E-state index is 0.0871. The lowest BCUT2D eigenvalue weighted by Crippen LogP contribution is -2.47.